The van der Waals surface area contributed by atoms with E-state index < -0.39 is 12.2 Å². The van der Waals surface area contributed by atoms with Crippen LogP contribution in [0.3, 0.4) is 0 Å². The second-order valence-corrected chi connectivity index (χ2v) is 8.02. The predicted molar refractivity (Wildman–Crippen MR) is 125 cm³/mol. The molecule has 170 valence electrons. The Balaban J connectivity index is 1.75. The quantitative estimate of drug-likeness (QED) is 0.298. The largest absolute Gasteiger partial charge is 0.504 e. The van der Waals surface area contributed by atoms with Crippen LogP contribution in [-0.2, 0) is 19.3 Å². The summed E-state index contributed by atoms with van der Waals surface area (Å²) in [5, 5.41) is 39.9. The van der Waals surface area contributed by atoms with E-state index in [1.807, 2.05) is 24.3 Å². The highest BCUT2D eigenvalue weighted by Crippen LogP contribution is 2.43. The molecule has 1 heterocycles. The van der Waals surface area contributed by atoms with Crippen molar-refractivity contribution in [3.63, 3.8) is 0 Å². The van der Waals surface area contributed by atoms with Crippen LogP contribution in [0.15, 0.2) is 73.8 Å². The van der Waals surface area contributed by atoms with Gasteiger partial charge in [0.15, 0.2) is 40.6 Å². The fourth-order valence-corrected chi connectivity index (χ4v) is 4.04. The highest BCUT2D eigenvalue weighted by atomic mass is 16.6. The number of aromatic hydroxyl groups is 4. The molecule has 1 aliphatic heterocycles. The maximum Gasteiger partial charge on any atom is 0.162 e. The summed E-state index contributed by atoms with van der Waals surface area (Å²) in [5.74, 6) is 0.260. The first-order valence-corrected chi connectivity index (χ1v) is 10.6. The Labute approximate surface area is 192 Å². The van der Waals surface area contributed by atoms with Crippen molar-refractivity contribution < 1.29 is 29.9 Å². The molecule has 0 aromatic heterocycles. The van der Waals surface area contributed by atoms with Crippen molar-refractivity contribution in [1.82, 2.24) is 0 Å². The van der Waals surface area contributed by atoms with Gasteiger partial charge in [0.2, 0.25) is 0 Å². The van der Waals surface area contributed by atoms with Crippen LogP contribution in [0.1, 0.15) is 28.4 Å². The van der Waals surface area contributed by atoms with E-state index in [2.05, 4.69) is 13.2 Å². The molecule has 4 N–H and O–H groups in total. The van der Waals surface area contributed by atoms with Crippen LogP contribution in [0.5, 0.6) is 34.5 Å². The molecule has 0 amide bonds. The molecular formula is C27H26O6. The van der Waals surface area contributed by atoms with E-state index in [-0.39, 0.29) is 23.0 Å². The Kier molecular flexibility index (Phi) is 6.18. The lowest BCUT2D eigenvalue weighted by molar-refractivity contribution is 0.0196. The smallest absolute Gasteiger partial charge is 0.162 e. The summed E-state index contributed by atoms with van der Waals surface area (Å²) < 4.78 is 12.7. The van der Waals surface area contributed by atoms with Crippen molar-refractivity contribution in [2.75, 3.05) is 0 Å². The summed E-state index contributed by atoms with van der Waals surface area (Å²) in [6.45, 7) is 7.55. The zero-order valence-electron chi connectivity index (χ0n) is 18.1. The zero-order chi connectivity index (χ0) is 23.5. The number of phenolic OH excluding ortho intramolecular Hbond substituents is 4. The van der Waals surface area contributed by atoms with Gasteiger partial charge in [-0.1, -0.05) is 24.3 Å². The first-order chi connectivity index (χ1) is 15.9. The monoisotopic (exact) mass is 446 g/mol. The molecule has 2 atom stereocenters. The zero-order valence-corrected chi connectivity index (χ0v) is 18.1. The standard InChI is InChI=1S/C27H26O6/c1-3-5-16-7-10-24-25(11-16)33-27(18-8-9-20(28)21(29)13-18)26(32-24)15-19-14-23(31)22(30)12-17(19)6-4-2/h3-4,7-14,26-31H,1-2,5-6,15H2/t26-,27-/m0/s1. The molecule has 0 fully saturated rings. The Morgan fingerprint density at radius 1 is 0.697 bits per heavy atom. The molecule has 0 spiro atoms. The van der Waals surface area contributed by atoms with E-state index in [1.165, 1.54) is 24.3 Å². The number of rotatable bonds is 7. The van der Waals surface area contributed by atoms with Crippen molar-refractivity contribution in [3.05, 3.63) is 96.1 Å². The van der Waals surface area contributed by atoms with Gasteiger partial charge in [0.05, 0.1) is 0 Å². The van der Waals surface area contributed by atoms with Gasteiger partial charge in [0.1, 0.15) is 6.10 Å². The third-order valence-corrected chi connectivity index (χ3v) is 5.67. The van der Waals surface area contributed by atoms with Gasteiger partial charge in [-0.05, 0) is 65.9 Å². The summed E-state index contributed by atoms with van der Waals surface area (Å²) in [6.07, 6.45) is 3.96. The summed E-state index contributed by atoms with van der Waals surface area (Å²) in [5.41, 5.74) is 3.24. The first-order valence-electron chi connectivity index (χ1n) is 10.6. The van der Waals surface area contributed by atoms with E-state index in [4.69, 9.17) is 9.47 Å². The van der Waals surface area contributed by atoms with Crippen LogP contribution >= 0.6 is 0 Å². The van der Waals surface area contributed by atoms with Gasteiger partial charge in [-0.3, -0.25) is 0 Å². The molecule has 0 aliphatic carbocycles. The van der Waals surface area contributed by atoms with Gasteiger partial charge >= 0.3 is 0 Å². The number of allylic oxidation sites excluding steroid dienone is 2. The topological polar surface area (TPSA) is 99.4 Å². The predicted octanol–water partition coefficient (Wildman–Crippen LogP) is 5.09. The van der Waals surface area contributed by atoms with E-state index in [1.54, 1.807) is 12.1 Å². The minimum absolute atomic E-state index is 0.198. The molecule has 3 aromatic rings. The highest BCUT2D eigenvalue weighted by Gasteiger charge is 2.34. The molecule has 6 heteroatoms. The van der Waals surface area contributed by atoms with Gasteiger partial charge in [0.25, 0.3) is 0 Å². The average molecular weight is 446 g/mol. The Bertz CT molecular complexity index is 1200. The number of hydrogen-bond donors (Lipinski definition) is 4. The second kappa shape index (κ2) is 9.20. The number of ether oxygens (including phenoxy) is 2. The minimum Gasteiger partial charge on any atom is -0.504 e. The van der Waals surface area contributed by atoms with Gasteiger partial charge in [-0.15, -0.1) is 13.2 Å². The molecule has 0 bridgehead atoms. The highest BCUT2D eigenvalue weighted by molar-refractivity contribution is 5.49. The van der Waals surface area contributed by atoms with Crippen molar-refractivity contribution in [3.8, 4) is 34.5 Å². The average Bonchev–Trinajstić information content (AvgIpc) is 2.79. The van der Waals surface area contributed by atoms with Crippen molar-refractivity contribution in [1.29, 1.82) is 0 Å². The second-order valence-electron chi connectivity index (χ2n) is 8.02. The molecule has 6 nitrogen and oxygen atoms in total. The Morgan fingerprint density at radius 3 is 2.09 bits per heavy atom. The minimum atomic E-state index is -0.601. The third-order valence-electron chi connectivity index (χ3n) is 5.67. The lowest BCUT2D eigenvalue weighted by Gasteiger charge is -2.35. The Morgan fingerprint density at radius 2 is 1.39 bits per heavy atom. The van der Waals surface area contributed by atoms with Gasteiger partial charge in [-0.25, -0.2) is 0 Å². The van der Waals surface area contributed by atoms with Crippen LogP contribution in [0, 0.1) is 0 Å². The van der Waals surface area contributed by atoms with Crippen molar-refractivity contribution >= 4 is 0 Å². The fourth-order valence-electron chi connectivity index (χ4n) is 4.04. The molecule has 0 saturated carbocycles. The van der Waals surface area contributed by atoms with E-state index in [9.17, 15) is 20.4 Å². The van der Waals surface area contributed by atoms with Crippen molar-refractivity contribution in [2.24, 2.45) is 0 Å². The molecule has 33 heavy (non-hydrogen) atoms. The first kappa shape index (κ1) is 22.1. The van der Waals surface area contributed by atoms with Crippen molar-refractivity contribution in [2.45, 2.75) is 31.5 Å². The summed E-state index contributed by atoms with van der Waals surface area (Å²) >= 11 is 0. The van der Waals surface area contributed by atoms with E-state index in [0.29, 0.717) is 36.3 Å². The molecule has 1 aliphatic rings. The summed E-state index contributed by atoms with van der Waals surface area (Å²) in [4.78, 5) is 0. The van der Waals surface area contributed by atoms with Crippen LogP contribution in [0.25, 0.3) is 0 Å². The van der Waals surface area contributed by atoms with Gasteiger partial charge in [0, 0.05) is 12.0 Å². The Hall–Kier alpha value is -4.06. The molecule has 4 rings (SSSR count). The third kappa shape index (κ3) is 4.60. The lowest BCUT2D eigenvalue weighted by atomic mass is 9.92. The van der Waals surface area contributed by atoms with Crippen LogP contribution in [0.4, 0.5) is 0 Å². The maximum absolute atomic E-state index is 10.1. The molecular weight excluding hydrogens is 420 g/mol. The molecule has 0 unspecified atom stereocenters. The van der Waals surface area contributed by atoms with Crippen LogP contribution in [-0.4, -0.2) is 26.5 Å². The van der Waals surface area contributed by atoms with Crippen LogP contribution in [0.2, 0.25) is 0 Å². The lowest BCUT2D eigenvalue weighted by Crippen LogP contribution is -2.35. The van der Waals surface area contributed by atoms with Gasteiger partial charge < -0.3 is 29.9 Å². The number of fused-ring (bicyclic) bond motifs is 1. The number of phenols is 4. The maximum atomic E-state index is 10.1. The van der Waals surface area contributed by atoms with Gasteiger partial charge in [-0.2, -0.15) is 0 Å². The summed E-state index contributed by atoms with van der Waals surface area (Å²) in [7, 11) is 0. The normalized spacial score (nSPS) is 16.8. The molecule has 0 saturated heterocycles. The number of hydrogen-bond acceptors (Lipinski definition) is 6. The van der Waals surface area contributed by atoms with Crippen LogP contribution < -0.4 is 9.47 Å². The summed E-state index contributed by atoms with van der Waals surface area (Å²) in [6, 6.07) is 13.3. The SMILES string of the molecule is C=CCc1ccc2c(c1)O[C@@H](c1ccc(O)c(O)c1)[C@H](Cc1cc(O)c(O)cc1CC=C)O2. The molecule has 3 aromatic carbocycles. The van der Waals surface area contributed by atoms with E-state index in [0.717, 1.165) is 16.7 Å². The van der Waals surface area contributed by atoms with E-state index >= 15 is 0 Å². The fraction of sp³-hybridized carbons (Fsp3) is 0.185. The number of benzene rings is 3. The molecule has 0 radical (unpaired) electrons.